The van der Waals surface area contributed by atoms with Gasteiger partial charge in [-0.1, -0.05) is 0 Å². The van der Waals surface area contributed by atoms with Gasteiger partial charge in [0.2, 0.25) is 5.95 Å². The van der Waals surface area contributed by atoms with E-state index in [1.165, 1.54) is 0 Å². The molecule has 0 aliphatic carbocycles. The zero-order chi connectivity index (χ0) is 20.4. The molecule has 0 radical (unpaired) electrons. The number of benzene rings is 2. The summed E-state index contributed by atoms with van der Waals surface area (Å²) in [7, 11) is 3.21. The highest BCUT2D eigenvalue weighted by Crippen LogP contribution is 2.33. The quantitative estimate of drug-likeness (QED) is 0.387. The first-order valence-electron chi connectivity index (χ1n) is 8.76. The monoisotopic (exact) mass is 499 g/mol. The molecule has 2 aromatic carbocycles. The summed E-state index contributed by atoms with van der Waals surface area (Å²) >= 11 is 2.26. The Bertz CT molecular complexity index is 1180. The van der Waals surface area contributed by atoms with Crippen LogP contribution in [0.1, 0.15) is 0 Å². The molecule has 0 saturated carbocycles. The third-order valence-electron chi connectivity index (χ3n) is 4.35. The highest BCUT2D eigenvalue weighted by Gasteiger charge is 2.12. The van der Waals surface area contributed by atoms with E-state index in [0.717, 1.165) is 20.5 Å². The normalized spacial score (nSPS) is 10.7. The Balaban J connectivity index is 1.80. The number of aromatic nitrogens is 3. The summed E-state index contributed by atoms with van der Waals surface area (Å²) in [5, 5.41) is 3.29. The minimum atomic E-state index is 0.186. The van der Waals surface area contributed by atoms with Crippen molar-refractivity contribution in [3.05, 3.63) is 58.2 Å². The molecule has 0 aliphatic rings. The zero-order valence-corrected chi connectivity index (χ0v) is 18.0. The Labute approximate surface area is 181 Å². The predicted molar refractivity (Wildman–Crippen MR) is 123 cm³/mol. The van der Waals surface area contributed by atoms with Gasteiger partial charge >= 0.3 is 0 Å². The largest absolute Gasteiger partial charge is 0.493 e. The lowest BCUT2D eigenvalue weighted by molar-refractivity contribution is 0.355. The van der Waals surface area contributed by atoms with Crippen molar-refractivity contribution in [3.8, 4) is 22.8 Å². The van der Waals surface area contributed by atoms with Crippen molar-refractivity contribution in [1.29, 1.82) is 0 Å². The summed E-state index contributed by atoms with van der Waals surface area (Å²) in [5.74, 6) is 2.04. The smallest absolute Gasteiger partial charge is 0.222 e. The van der Waals surface area contributed by atoms with E-state index in [2.05, 4.69) is 37.9 Å². The fraction of sp³-hybridized carbons (Fsp3) is 0.0952. The van der Waals surface area contributed by atoms with Gasteiger partial charge in [0.05, 0.1) is 25.4 Å². The van der Waals surface area contributed by atoms with Gasteiger partial charge in [-0.3, -0.25) is 0 Å². The van der Waals surface area contributed by atoms with Crippen LogP contribution in [0.3, 0.4) is 0 Å². The Morgan fingerprint density at radius 2 is 1.62 bits per heavy atom. The van der Waals surface area contributed by atoms with Crippen molar-refractivity contribution in [2.24, 2.45) is 0 Å². The molecule has 0 bridgehead atoms. The predicted octanol–water partition coefficient (Wildman–Crippen LogP) is 4.64. The number of hydrogen-bond acceptors (Lipinski definition) is 7. The molecular formula is C21H18IN5O2. The summed E-state index contributed by atoms with van der Waals surface area (Å²) in [6, 6.07) is 17.4. The average Bonchev–Trinajstić information content (AvgIpc) is 2.74. The summed E-state index contributed by atoms with van der Waals surface area (Å²) in [6.07, 6.45) is 0. The number of pyridine rings is 1. The van der Waals surface area contributed by atoms with Crippen LogP contribution in [0.2, 0.25) is 0 Å². The third kappa shape index (κ3) is 4.02. The Morgan fingerprint density at radius 3 is 2.34 bits per heavy atom. The molecule has 0 fully saturated rings. The summed E-state index contributed by atoms with van der Waals surface area (Å²) in [4.78, 5) is 13.5. The zero-order valence-electron chi connectivity index (χ0n) is 15.8. The lowest BCUT2D eigenvalue weighted by Gasteiger charge is -2.12. The Kier molecular flexibility index (Phi) is 5.34. The van der Waals surface area contributed by atoms with Crippen LogP contribution in [0.25, 0.3) is 22.3 Å². The lowest BCUT2D eigenvalue weighted by Crippen LogP contribution is -2.03. The minimum Gasteiger partial charge on any atom is -0.493 e. The van der Waals surface area contributed by atoms with Crippen LogP contribution in [0, 0.1) is 3.57 Å². The van der Waals surface area contributed by atoms with Crippen LogP contribution in [0.5, 0.6) is 11.5 Å². The fourth-order valence-corrected chi connectivity index (χ4v) is 3.31. The number of nitrogen functional groups attached to an aromatic ring is 1. The van der Waals surface area contributed by atoms with Crippen LogP contribution in [-0.2, 0) is 0 Å². The van der Waals surface area contributed by atoms with Gasteiger partial charge in [-0.25, -0.2) is 9.97 Å². The van der Waals surface area contributed by atoms with E-state index in [9.17, 15) is 0 Å². The number of nitrogens with one attached hydrogen (secondary N) is 1. The van der Waals surface area contributed by atoms with E-state index in [1.54, 1.807) is 14.2 Å². The van der Waals surface area contributed by atoms with Gasteiger partial charge < -0.3 is 20.5 Å². The molecule has 29 heavy (non-hydrogen) atoms. The molecule has 0 spiro atoms. The molecule has 2 heterocycles. The third-order valence-corrected chi connectivity index (χ3v) is 5.07. The Morgan fingerprint density at radius 1 is 0.862 bits per heavy atom. The molecule has 0 amide bonds. The van der Waals surface area contributed by atoms with Crippen molar-refractivity contribution < 1.29 is 9.47 Å². The first-order valence-corrected chi connectivity index (χ1v) is 9.84. The molecule has 4 aromatic rings. The molecule has 3 N–H and O–H groups in total. The summed E-state index contributed by atoms with van der Waals surface area (Å²) < 4.78 is 11.9. The number of anilines is 3. The van der Waals surface area contributed by atoms with Gasteiger partial charge in [0.1, 0.15) is 5.52 Å². The minimum absolute atomic E-state index is 0.186. The van der Waals surface area contributed by atoms with Crippen molar-refractivity contribution in [2.45, 2.75) is 0 Å². The van der Waals surface area contributed by atoms with Crippen LogP contribution < -0.4 is 20.5 Å². The van der Waals surface area contributed by atoms with Crippen molar-refractivity contribution in [3.63, 3.8) is 0 Å². The van der Waals surface area contributed by atoms with Gasteiger partial charge in [0.15, 0.2) is 17.3 Å². The number of nitrogens with two attached hydrogens (primary N) is 1. The van der Waals surface area contributed by atoms with Gasteiger partial charge in [0, 0.05) is 14.8 Å². The average molecular weight is 499 g/mol. The maximum Gasteiger partial charge on any atom is 0.222 e. The maximum absolute atomic E-state index is 5.90. The summed E-state index contributed by atoms with van der Waals surface area (Å²) in [6.45, 7) is 0. The van der Waals surface area contributed by atoms with Crippen LogP contribution >= 0.6 is 22.6 Å². The standard InChI is InChI=1S/C21H18IN5O2/c1-28-17-10-3-12(11-18(17)29-2)15-8-9-16-19(25-15)20(27-21(23)26-16)24-14-6-4-13(22)5-7-14/h3-11H,1-2H3,(H3,23,24,26,27). The van der Waals surface area contributed by atoms with Crippen LogP contribution in [0.4, 0.5) is 17.5 Å². The van der Waals surface area contributed by atoms with Gasteiger partial charge in [-0.2, -0.15) is 4.98 Å². The number of halogens is 1. The number of hydrogen-bond donors (Lipinski definition) is 2. The van der Waals surface area contributed by atoms with Crippen LogP contribution in [-0.4, -0.2) is 29.2 Å². The molecule has 0 aliphatic heterocycles. The maximum atomic E-state index is 5.90. The molecule has 8 heteroatoms. The molecule has 0 atom stereocenters. The SMILES string of the molecule is COc1ccc(-c2ccc3nc(N)nc(Nc4ccc(I)cc4)c3n2)cc1OC. The topological polar surface area (TPSA) is 95.2 Å². The molecule has 4 rings (SSSR count). The number of ether oxygens (including phenoxy) is 2. The first-order chi connectivity index (χ1) is 14.1. The van der Waals surface area contributed by atoms with Gasteiger partial charge in [0.25, 0.3) is 0 Å². The number of rotatable bonds is 5. The second-order valence-corrected chi connectivity index (χ2v) is 7.44. The highest BCUT2D eigenvalue weighted by molar-refractivity contribution is 14.1. The molecule has 0 saturated heterocycles. The highest BCUT2D eigenvalue weighted by atomic mass is 127. The molecule has 7 nitrogen and oxygen atoms in total. The van der Waals surface area contributed by atoms with Crippen molar-refractivity contribution >= 4 is 51.1 Å². The van der Waals surface area contributed by atoms with E-state index in [4.69, 9.17) is 20.2 Å². The Hall–Kier alpha value is -3.14. The van der Waals surface area contributed by atoms with Crippen LogP contribution in [0.15, 0.2) is 54.6 Å². The van der Waals surface area contributed by atoms with Gasteiger partial charge in [-0.15, -0.1) is 0 Å². The number of methoxy groups -OCH3 is 2. The molecule has 2 aromatic heterocycles. The first kappa shape index (κ1) is 19.2. The van der Waals surface area contributed by atoms with E-state index in [0.29, 0.717) is 28.4 Å². The fourth-order valence-electron chi connectivity index (χ4n) is 2.95. The van der Waals surface area contributed by atoms with Gasteiger partial charge in [-0.05, 0) is 77.2 Å². The van der Waals surface area contributed by atoms with E-state index in [-0.39, 0.29) is 5.95 Å². The second-order valence-electron chi connectivity index (χ2n) is 6.20. The molecular weight excluding hydrogens is 481 g/mol. The van der Waals surface area contributed by atoms with E-state index >= 15 is 0 Å². The molecule has 146 valence electrons. The van der Waals surface area contributed by atoms with E-state index < -0.39 is 0 Å². The van der Waals surface area contributed by atoms with Crippen molar-refractivity contribution in [1.82, 2.24) is 15.0 Å². The molecule has 0 unspecified atom stereocenters. The summed E-state index contributed by atoms with van der Waals surface area (Å²) in [5.41, 5.74) is 9.74. The van der Waals surface area contributed by atoms with Crippen molar-refractivity contribution in [2.75, 3.05) is 25.3 Å². The number of fused-ring (bicyclic) bond motifs is 1. The lowest BCUT2D eigenvalue weighted by atomic mass is 10.1. The second kappa shape index (κ2) is 8.08. The number of nitrogens with zero attached hydrogens (tertiary/aromatic N) is 3. The van der Waals surface area contributed by atoms with E-state index in [1.807, 2.05) is 54.6 Å².